The van der Waals surface area contributed by atoms with E-state index in [4.69, 9.17) is 9.47 Å². The van der Waals surface area contributed by atoms with Crippen molar-refractivity contribution in [2.75, 3.05) is 25.2 Å². The summed E-state index contributed by atoms with van der Waals surface area (Å²) in [4.78, 5) is 26.2. The van der Waals surface area contributed by atoms with Crippen molar-refractivity contribution in [1.82, 2.24) is 0 Å². The quantitative estimate of drug-likeness (QED) is 0.571. The second-order valence-corrected chi connectivity index (χ2v) is 7.59. The maximum absolute atomic E-state index is 12.8. The summed E-state index contributed by atoms with van der Waals surface area (Å²) in [6.07, 6.45) is 0.855. The Kier molecular flexibility index (Phi) is 5.85. The van der Waals surface area contributed by atoms with Gasteiger partial charge in [0.05, 0.1) is 23.8 Å². The van der Waals surface area contributed by atoms with E-state index in [2.05, 4.69) is 6.92 Å². The fourth-order valence-electron chi connectivity index (χ4n) is 2.85. The molecule has 0 unspecified atom stereocenters. The topological polar surface area (TPSA) is 81.9 Å². The Labute approximate surface area is 161 Å². The van der Waals surface area contributed by atoms with Gasteiger partial charge in [0.2, 0.25) is 0 Å². The van der Waals surface area contributed by atoms with Gasteiger partial charge in [0.25, 0.3) is 5.91 Å². The Morgan fingerprint density at radius 2 is 2.11 bits per heavy atom. The van der Waals surface area contributed by atoms with Gasteiger partial charge in [0.1, 0.15) is 5.75 Å². The lowest BCUT2D eigenvalue weighted by molar-refractivity contribution is -0.385. The van der Waals surface area contributed by atoms with Crippen LogP contribution in [0, 0.1) is 10.1 Å². The minimum Gasteiger partial charge on any atom is -0.496 e. The molecule has 0 aromatic heterocycles. The van der Waals surface area contributed by atoms with Gasteiger partial charge in [0, 0.05) is 16.7 Å². The van der Waals surface area contributed by atoms with Crippen molar-refractivity contribution in [3.8, 4) is 11.5 Å². The Balaban J connectivity index is 1.78. The largest absolute Gasteiger partial charge is 0.496 e. The summed E-state index contributed by atoms with van der Waals surface area (Å²) in [6.45, 7) is 2.44. The van der Waals surface area contributed by atoms with E-state index < -0.39 is 4.92 Å². The molecular weight excluding hydrogens is 368 g/mol. The number of methoxy groups -OCH3 is 1. The van der Waals surface area contributed by atoms with Gasteiger partial charge in [-0.1, -0.05) is 19.1 Å². The maximum atomic E-state index is 12.8. The first-order valence-electron chi connectivity index (χ1n) is 8.51. The van der Waals surface area contributed by atoms with Crippen molar-refractivity contribution < 1.29 is 19.2 Å². The summed E-state index contributed by atoms with van der Waals surface area (Å²) in [7, 11) is 1.43. The summed E-state index contributed by atoms with van der Waals surface area (Å²) in [6, 6.07) is 12.0. The van der Waals surface area contributed by atoms with Crippen LogP contribution in [0.1, 0.15) is 13.3 Å². The monoisotopic (exact) mass is 388 g/mol. The van der Waals surface area contributed by atoms with E-state index in [1.54, 1.807) is 22.7 Å². The highest BCUT2D eigenvalue weighted by Crippen LogP contribution is 2.37. The summed E-state index contributed by atoms with van der Waals surface area (Å²) in [5, 5.41) is 11.6. The number of nitro benzene ring substituents is 1. The van der Waals surface area contributed by atoms with Crippen molar-refractivity contribution >= 4 is 29.0 Å². The molecule has 1 aliphatic heterocycles. The van der Waals surface area contributed by atoms with Crippen LogP contribution >= 0.6 is 11.8 Å². The zero-order valence-corrected chi connectivity index (χ0v) is 15.9. The molecule has 2 aromatic rings. The molecule has 3 rings (SSSR count). The molecule has 0 fully saturated rings. The number of nitrogens with zero attached hydrogens (tertiary/aromatic N) is 2. The van der Waals surface area contributed by atoms with Crippen molar-refractivity contribution in [3.63, 3.8) is 0 Å². The number of hydrogen-bond acceptors (Lipinski definition) is 6. The molecule has 1 aliphatic rings. The lowest BCUT2D eigenvalue weighted by Crippen LogP contribution is -2.36. The van der Waals surface area contributed by atoms with Crippen LogP contribution in [-0.2, 0) is 4.79 Å². The van der Waals surface area contributed by atoms with E-state index >= 15 is 0 Å². The summed E-state index contributed by atoms with van der Waals surface area (Å²) >= 11 is 1.74. The number of rotatable bonds is 5. The van der Waals surface area contributed by atoms with E-state index in [0.29, 0.717) is 17.5 Å². The van der Waals surface area contributed by atoms with Crippen molar-refractivity contribution in [2.24, 2.45) is 0 Å². The number of hydrogen-bond donors (Lipinski definition) is 0. The van der Waals surface area contributed by atoms with Crippen LogP contribution in [0.25, 0.3) is 0 Å². The SMILES string of the molecule is COc1ccc(OCC(=O)N2CC[C@@H](C)Sc3ccccc32)c([N+](=O)[O-])c1. The van der Waals surface area contributed by atoms with E-state index in [9.17, 15) is 14.9 Å². The average molecular weight is 388 g/mol. The third-order valence-corrected chi connectivity index (χ3v) is 5.50. The molecule has 0 saturated carbocycles. The van der Waals surface area contributed by atoms with Gasteiger partial charge in [0.15, 0.2) is 12.4 Å². The first-order valence-corrected chi connectivity index (χ1v) is 9.39. The zero-order valence-electron chi connectivity index (χ0n) is 15.1. The predicted molar refractivity (Wildman–Crippen MR) is 104 cm³/mol. The number of carbonyl (C=O) groups excluding carboxylic acids is 1. The Morgan fingerprint density at radius 1 is 1.33 bits per heavy atom. The number of anilines is 1. The molecule has 0 bridgehead atoms. The Morgan fingerprint density at radius 3 is 2.85 bits per heavy atom. The second kappa shape index (κ2) is 8.30. The van der Waals surface area contributed by atoms with E-state index in [0.717, 1.165) is 17.0 Å². The van der Waals surface area contributed by atoms with Crippen molar-refractivity contribution in [3.05, 3.63) is 52.6 Å². The number of amides is 1. The van der Waals surface area contributed by atoms with Gasteiger partial charge in [-0.05, 0) is 30.7 Å². The van der Waals surface area contributed by atoms with E-state index in [-0.39, 0.29) is 24.0 Å². The number of ether oxygens (including phenoxy) is 2. The van der Waals surface area contributed by atoms with Gasteiger partial charge < -0.3 is 14.4 Å². The fourth-order valence-corrected chi connectivity index (χ4v) is 3.97. The Hall–Kier alpha value is -2.74. The van der Waals surface area contributed by atoms with Gasteiger partial charge in [-0.2, -0.15) is 0 Å². The van der Waals surface area contributed by atoms with Gasteiger partial charge in [-0.3, -0.25) is 14.9 Å². The number of benzene rings is 2. The third kappa shape index (κ3) is 4.33. The van der Waals surface area contributed by atoms with Crippen LogP contribution in [0.5, 0.6) is 11.5 Å². The molecular formula is C19H20N2O5S. The highest BCUT2D eigenvalue weighted by molar-refractivity contribution is 8.00. The second-order valence-electron chi connectivity index (χ2n) is 6.11. The lowest BCUT2D eigenvalue weighted by Gasteiger charge is -2.22. The highest BCUT2D eigenvalue weighted by Gasteiger charge is 2.25. The summed E-state index contributed by atoms with van der Waals surface area (Å²) < 4.78 is 10.5. The molecule has 1 atom stereocenters. The highest BCUT2D eigenvalue weighted by atomic mass is 32.2. The number of nitro groups is 1. The molecule has 7 nitrogen and oxygen atoms in total. The van der Waals surface area contributed by atoms with Crippen LogP contribution in [0.2, 0.25) is 0 Å². The van der Waals surface area contributed by atoms with Crippen LogP contribution < -0.4 is 14.4 Å². The normalized spacial score (nSPS) is 16.2. The molecule has 2 aromatic carbocycles. The van der Waals surface area contributed by atoms with Crippen molar-refractivity contribution in [1.29, 1.82) is 0 Å². The molecule has 27 heavy (non-hydrogen) atoms. The van der Waals surface area contributed by atoms with Crippen molar-refractivity contribution in [2.45, 2.75) is 23.5 Å². The maximum Gasteiger partial charge on any atom is 0.314 e. The Bertz CT molecular complexity index is 858. The van der Waals surface area contributed by atoms with Gasteiger partial charge >= 0.3 is 5.69 Å². The first-order chi connectivity index (χ1) is 13.0. The average Bonchev–Trinajstić information content (AvgIpc) is 2.84. The predicted octanol–water partition coefficient (Wildman–Crippen LogP) is 3.90. The molecule has 0 spiro atoms. The molecule has 0 radical (unpaired) electrons. The minimum atomic E-state index is -0.554. The first kappa shape index (κ1) is 19.0. The number of carbonyl (C=O) groups is 1. The van der Waals surface area contributed by atoms with E-state index in [1.165, 1.54) is 19.2 Å². The van der Waals surface area contributed by atoms with E-state index in [1.807, 2.05) is 24.3 Å². The smallest absolute Gasteiger partial charge is 0.314 e. The molecule has 1 heterocycles. The zero-order chi connectivity index (χ0) is 19.4. The lowest BCUT2D eigenvalue weighted by atomic mass is 10.2. The molecule has 0 N–H and O–H groups in total. The number of para-hydroxylation sites is 1. The molecule has 0 aliphatic carbocycles. The van der Waals surface area contributed by atoms with Crippen LogP contribution in [0.15, 0.2) is 47.4 Å². The number of fused-ring (bicyclic) bond motifs is 1. The van der Waals surface area contributed by atoms with Crippen LogP contribution in [0.3, 0.4) is 0 Å². The standard InChI is InChI=1S/C19H20N2O5S/c1-13-9-10-20(15-5-3-4-6-18(15)27-13)19(22)12-26-17-8-7-14(25-2)11-16(17)21(23)24/h3-8,11,13H,9-10,12H2,1-2H3/t13-/m1/s1. The van der Waals surface area contributed by atoms with Crippen LogP contribution in [0.4, 0.5) is 11.4 Å². The molecule has 1 amide bonds. The molecule has 0 saturated heterocycles. The fraction of sp³-hybridized carbons (Fsp3) is 0.316. The number of thioether (sulfide) groups is 1. The molecule has 8 heteroatoms. The van der Waals surface area contributed by atoms with Crippen LogP contribution in [-0.4, -0.2) is 36.3 Å². The summed E-state index contributed by atoms with van der Waals surface area (Å²) in [5.74, 6) is 0.162. The minimum absolute atomic E-state index is 0.0417. The summed E-state index contributed by atoms with van der Waals surface area (Å²) in [5.41, 5.74) is 0.618. The van der Waals surface area contributed by atoms with Gasteiger partial charge in [-0.25, -0.2) is 0 Å². The van der Waals surface area contributed by atoms with Gasteiger partial charge in [-0.15, -0.1) is 11.8 Å². The molecule has 142 valence electrons. The third-order valence-electron chi connectivity index (χ3n) is 4.26.